The van der Waals surface area contributed by atoms with Crippen LogP contribution in [0.2, 0.25) is 0 Å². The molecule has 1 rings (SSSR count). The molecule has 12 nitrogen and oxygen atoms in total. The van der Waals surface area contributed by atoms with Gasteiger partial charge in [-0.25, -0.2) is 4.79 Å². The number of aliphatic hydroxyl groups is 2. The van der Waals surface area contributed by atoms with Crippen LogP contribution in [0.5, 0.6) is 0 Å². The van der Waals surface area contributed by atoms with Crippen LogP contribution in [0.15, 0.2) is 60.8 Å². The number of carbonyl (C=O) groups is 4. The Hall–Kier alpha value is -3.58. The summed E-state index contributed by atoms with van der Waals surface area (Å²) in [5.74, 6) is -3.17. The third kappa shape index (κ3) is 43.0. The van der Waals surface area contributed by atoms with Crippen molar-refractivity contribution in [1.29, 1.82) is 0 Å². The van der Waals surface area contributed by atoms with Gasteiger partial charge in [0.15, 0.2) is 24.6 Å². The predicted molar refractivity (Wildman–Crippen MR) is 312 cm³/mol. The fourth-order valence-electron chi connectivity index (χ4n) is 9.30. The van der Waals surface area contributed by atoms with Crippen molar-refractivity contribution in [3.63, 3.8) is 0 Å². The molecule has 6 atom stereocenters. The van der Waals surface area contributed by atoms with Crippen LogP contribution in [0, 0.1) is 0 Å². The summed E-state index contributed by atoms with van der Waals surface area (Å²) in [6, 6.07) is 0. The van der Waals surface area contributed by atoms with Crippen molar-refractivity contribution in [2.45, 2.75) is 314 Å². The number of carboxylic acid groups (broad SMARTS) is 1. The quantitative estimate of drug-likeness (QED) is 0.0228. The van der Waals surface area contributed by atoms with Gasteiger partial charge in [-0.2, -0.15) is 0 Å². The van der Waals surface area contributed by atoms with E-state index < -0.39 is 67.3 Å². The van der Waals surface area contributed by atoms with Gasteiger partial charge in [0, 0.05) is 19.3 Å². The molecule has 1 heterocycles. The average molecular weight is 1090 g/mol. The average Bonchev–Trinajstić information content (AvgIpc) is 3.43. The molecule has 1 saturated heterocycles. The smallest absolute Gasteiger partial charge is 0.335 e. The first-order valence-electron chi connectivity index (χ1n) is 31.3. The van der Waals surface area contributed by atoms with Crippen LogP contribution >= 0.6 is 0 Å². The van der Waals surface area contributed by atoms with Crippen LogP contribution in [0.3, 0.4) is 0 Å². The van der Waals surface area contributed by atoms with Gasteiger partial charge in [-0.15, -0.1) is 0 Å². The minimum absolute atomic E-state index is 0.0461. The normalized spacial score (nSPS) is 18.4. The van der Waals surface area contributed by atoms with E-state index in [-0.39, 0.29) is 25.9 Å². The first-order chi connectivity index (χ1) is 37.6. The minimum Gasteiger partial charge on any atom is -0.479 e. The van der Waals surface area contributed by atoms with Crippen molar-refractivity contribution in [3.05, 3.63) is 60.8 Å². The number of carboxylic acids is 1. The highest BCUT2D eigenvalue weighted by Gasteiger charge is 2.50. The molecular weight excluding hydrogens is 973 g/mol. The second-order valence-corrected chi connectivity index (χ2v) is 21.3. The molecule has 1 aliphatic rings. The number of esters is 3. The fourth-order valence-corrected chi connectivity index (χ4v) is 9.30. The van der Waals surface area contributed by atoms with E-state index in [0.29, 0.717) is 19.3 Å². The monoisotopic (exact) mass is 1080 g/mol. The van der Waals surface area contributed by atoms with E-state index in [9.17, 15) is 34.5 Å². The molecule has 0 aromatic rings. The molecule has 0 amide bonds. The molecule has 0 spiro atoms. The minimum atomic E-state index is -1.91. The third-order valence-corrected chi connectivity index (χ3v) is 14.1. The van der Waals surface area contributed by atoms with E-state index in [1.165, 1.54) is 122 Å². The van der Waals surface area contributed by atoms with Gasteiger partial charge in [-0.3, -0.25) is 14.4 Å². The first kappa shape index (κ1) is 71.4. The maximum atomic E-state index is 13.1. The maximum Gasteiger partial charge on any atom is 0.335 e. The topological polar surface area (TPSA) is 175 Å². The molecule has 3 N–H and O–H groups in total. The van der Waals surface area contributed by atoms with E-state index in [4.69, 9.17) is 23.7 Å². The number of carbonyl (C=O) groups excluding carboxylic acids is 3. The predicted octanol–water partition coefficient (Wildman–Crippen LogP) is 16.3. The van der Waals surface area contributed by atoms with Gasteiger partial charge in [0.2, 0.25) is 0 Å². The largest absolute Gasteiger partial charge is 0.479 e. The van der Waals surface area contributed by atoms with Gasteiger partial charge >= 0.3 is 23.9 Å². The summed E-state index contributed by atoms with van der Waals surface area (Å²) in [6.07, 6.45) is 53.3. The summed E-state index contributed by atoms with van der Waals surface area (Å²) in [7, 11) is 0. The molecule has 6 unspecified atom stereocenters. The summed E-state index contributed by atoms with van der Waals surface area (Å²) < 4.78 is 28.4. The lowest BCUT2D eigenvalue weighted by atomic mass is 9.98. The molecule has 0 aliphatic carbocycles. The highest BCUT2D eigenvalue weighted by atomic mass is 16.7. The van der Waals surface area contributed by atoms with E-state index >= 15 is 0 Å². The zero-order valence-electron chi connectivity index (χ0n) is 49.0. The van der Waals surface area contributed by atoms with Crippen molar-refractivity contribution in [1.82, 2.24) is 0 Å². The number of aliphatic carboxylic acids is 1. The highest BCUT2D eigenvalue weighted by molar-refractivity contribution is 5.74. The number of hydrogen-bond donors (Lipinski definition) is 3. The van der Waals surface area contributed by atoms with Crippen molar-refractivity contribution in [2.75, 3.05) is 13.2 Å². The lowest BCUT2D eigenvalue weighted by molar-refractivity contribution is -0.301. The van der Waals surface area contributed by atoms with Gasteiger partial charge < -0.3 is 39.0 Å². The van der Waals surface area contributed by atoms with Gasteiger partial charge in [0.1, 0.15) is 18.8 Å². The van der Waals surface area contributed by atoms with Crippen molar-refractivity contribution >= 4 is 23.9 Å². The van der Waals surface area contributed by atoms with Gasteiger partial charge in [0.05, 0.1) is 6.61 Å². The molecule has 0 bridgehead atoms. The van der Waals surface area contributed by atoms with Crippen LogP contribution in [-0.2, 0) is 42.9 Å². The molecule has 1 fully saturated rings. The lowest BCUT2D eigenvalue weighted by Gasteiger charge is -2.40. The van der Waals surface area contributed by atoms with Crippen LogP contribution in [-0.4, -0.2) is 89.2 Å². The van der Waals surface area contributed by atoms with Gasteiger partial charge in [0.25, 0.3) is 0 Å². The molecule has 12 heteroatoms. The Morgan fingerprint density at radius 2 is 0.818 bits per heavy atom. The zero-order valence-corrected chi connectivity index (χ0v) is 49.0. The van der Waals surface area contributed by atoms with Crippen molar-refractivity contribution in [2.24, 2.45) is 0 Å². The SMILES string of the molecule is CC/C=C\C/C=C\C/C=C\C/C=C\CCCCC(=O)OC(COC(=O)CCCCCCCCCCCCCCCCCCC)COC1OC(C(=O)O)C(O)C(O)C1OC(=O)CCCCCCC/C=C\CCCCCCCC. The van der Waals surface area contributed by atoms with Crippen LogP contribution < -0.4 is 0 Å². The molecule has 1 aliphatic heterocycles. The molecule has 444 valence electrons. The Morgan fingerprint density at radius 1 is 0.442 bits per heavy atom. The number of allylic oxidation sites excluding steroid dienone is 10. The molecular formula is C65H112O12. The van der Waals surface area contributed by atoms with Gasteiger partial charge in [-0.05, 0) is 83.5 Å². The van der Waals surface area contributed by atoms with E-state index in [2.05, 4.69) is 81.5 Å². The number of ether oxygens (including phenoxy) is 5. The van der Waals surface area contributed by atoms with Crippen LogP contribution in [0.25, 0.3) is 0 Å². The number of unbranched alkanes of at least 4 members (excludes halogenated alkanes) is 29. The maximum absolute atomic E-state index is 13.1. The highest BCUT2D eigenvalue weighted by Crippen LogP contribution is 2.26. The number of hydrogen-bond acceptors (Lipinski definition) is 11. The number of aliphatic hydroxyl groups excluding tert-OH is 2. The lowest BCUT2D eigenvalue weighted by Crippen LogP contribution is -2.61. The molecule has 77 heavy (non-hydrogen) atoms. The first-order valence-corrected chi connectivity index (χ1v) is 31.3. The number of rotatable bonds is 53. The third-order valence-electron chi connectivity index (χ3n) is 14.1. The fraction of sp³-hybridized carbons (Fsp3) is 0.785. The zero-order chi connectivity index (χ0) is 56.1. The Balaban J connectivity index is 2.69. The summed E-state index contributed by atoms with van der Waals surface area (Å²) in [5, 5.41) is 31.5. The van der Waals surface area contributed by atoms with E-state index in [1.807, 2.05) is 0 Å². The van der Waals surface area contributed by atoms with E-state index in [1.54, 1.807) is 0 Å². The Kier molecular flexibility index (Phi) is 49.2. The van der Waals surface area contributed by atoms with E-state index in [0.717, 1.165) is 96.3 Å². The van der Waals surface area contributed by atoms with Crippen LogP contribution in [0.4, 0.5) is 0 Å². The van der Waals surface area contributed by atoms with Gasteiger partial charge in [-0.1, -0.05) is 236 Å². The summed E-state index contributed by atoms with van der Waals surface area (Å²) >= 11 is 0. The molecule has 0 aromatic heterocycles. The summed E-state index contributed by atoms with van der Waals surface area (Å²) in [4.78, 5) is 51.2. The Morgan fingerprint density at radius 3 is 1.29 bits per heavy atom. The second kappa shape index (κ2) is 53.1. The Bertz CT molecular complexity index is 1570. The summed E-state index contributed by atoms with van der Waals surface area (Å²) in [6.45, 7) is 5.86. The van der Waals surface area contributed by atoms with Crippen molar-refractivity contribution < 1.29 is 58.2 Å². The van der Waals surface area contributed by atoms with Crippen LogP contribution in [0.1, 0.15) is 278 Å². The molecule has 0 saturated carbocycles. The second-order valence-electron chi connectivity index (χ2n) is 21.3. The Labute approximate surface area is 468 Å². The summed E-state index contributed by atoms with van der Waals surface area (Å²) in [5.41, 5.74) is 0. The molecule has 0 radical (unpaired) electrons. The standard InChI is InChI=1S/C65H112O12/c1-4-7-10-13-16-19-22-25-28-29-32-33-36-39-42-45-48-51-57(66)73-54-56(75-58(67)52-49-46-43-40-37-34-30-26-23-20-17-14-11-8-5-2)55-74-65-63(61(70)60(69)62(77-65)64(71)72)76-59(68)53-50-47-44-41-38-35-31-27-24-21-18-15-12-9-6-3/h8,11,17,20,26-27,30-31,37,40,56,60-63,65,69-70H,4-7,9-10,12-16,18-19,21-25,28-29,32-36,38-39,41-55H2,1-3H3,(H,71,72)/b11-8-,20-17-,30-26-,31-27-,40-37-. The van der Waals surface area contributed by atoms with Crippen molar-refractivity contribution in [3.8, 4) is 0 Å². The molecule has 0 aromatic carbocycles.